The van der Waals surface area contributed by atoms with Gasteiger partial charge >= 0.3 is 0 Å². The lowest BCUT2D eigenvalue weighted by Gasteiger charge is -2.42. The molecular formula is C24H40N4O4Si. The van der Waals surface area contributed by atoms with Crippen molar-refractivity contribution in [2.75, 3.05) is 44.1 Å². The number of amides is 1. The van der Waals surface area contributed by atoms with E-state index in [1.807, 2.05) is 22.8 Å². The molecule has 1 aliphatic rings. The topological polar surface area (TPSA) is 91.8 Å². The van der Waals surface area contributed by atoms with E-state index in [4.69, 9.17) is 19.6 Å². The van der Waals surface area contributed by atoms with Crippen molar-refractivity contribution in [1.29, 1.82) is 0 Å². The van der Waals surface area contributed by atoms with Gasteiger partial charge in [-0.25, -0.2) is 4.98 Å². The average Bonchev–Trinajstić information content (AvgIpc) is 3.08. The second kappa shape index (κ2) is 10.5. The third-order valence-electron chi connectivity index (χ3n) is 6.98. The average molecular weight is 477 g/mol. The minimum atomic E-state index is -1.95. The SMILES string of the molecule is CO[C@@H](CCO[Si](C(C)C)(C(C)C)C(C)C)n1c(N)nc2cc(N3CCOCC3=O)ccc21. The van der Waals surface area contributed by atoms with E-state index in [9.17, 15) is 4.79 Å². The molecule has 0 saturated carbocycles. The highest BCUT2D eigenvalue weighted by atomic mass is 28.4. The minimum Gasteiger partial charge on any atom is -0.416 e. The highest BCUT2D eigenvalue weighted by Crippen LogP contribution is 2.42. The number of carbonyl (C=O) groups is 1. The normalized spacial score (nSPS) is 16.5. The maximum atomic E-state index is 12.2. The van der Waals surface area contributed by atoms with Crippen LogP contribution in [0.4, 0.5) is 11.6 Å². The van der Waals surface area contributed by atoms with Crippen LogP contribution in [-0.2, 0) is 18.7 Å². The van der Waals surface area contributed by atoms with Gasteiger partial charge in [0.05, 0.1) is 17.6 Å². The lowest BCUT2D eigenvalue weighted by atomic mass is 10.2. The van der Waals surface area contributed by atoms with Crippen molar-refractivity contribution in [3.05, 3.63) is 18.2 Å². The van der Waals surface area contributed by atoms with Crippen LogP contribution in [0.2, 0.25) is 16.6 Å². The fourth-order valence-corrected chi connectivity index (χ4v) is 11.0. The maximum absolute atomic E-state index is 12.2. The Morgan fingerprint density at radius 2 is 1.82 bits per heavy atom. The quantitative estimate of drug-likeness (QED) is 0.499. The fourth-order valence-electron chi connectivity index (χ4n) is 5.56. The van der Waals surface area contributed by atoms with Gasteiger partial charge in [0.1, 0.15) is 12.8 Å². The van der Waals surface area contributed by atoms with Crippen molar-refractivity contribution >= 4 is 36.9 Å². The van der Waals surface area contributed by atoms with Crippen LogP contribution in [0.25, 0.3) is 11.0 Å². The zero-order chi connectivity index (χ0) is 24.3. The summed E-state index contributed by atoms with van der Waals surface area (Å²) in [6, 6.07) is 5.79. The Morgan fingerprint density at radius 1 is 1.15 bits per heavy atom. The molecule has 2 N–H and O–H groups in total. The third-order valence-corrected chi connectivity index (χ3v) is 13.1. The monoisotopic (exact) mass is 476 g/mol. The van der Waals surface area contributed by atoms with E-state index in [2.05, 4.69) is 46.5 Å². The number of imidazole rings is 1. The van der Waals surface area contributed by atoms with E-state index in [0.717, 1.165) is 16.7 Å². The van der Waals surface area contributed by atoms with Gasteiger partial charge in [0.15, 0.2) is 8.32 Å². The van der Waals surface area contributed by atoms with Gasteiger partial charge in [0.25, 0.3) is 5.91 Å². The molecule has 1 atom stereocenters. The highest BCUT2D eigenvalue weighted by molar-refractivity contribution is 6.77. The first-order valence-electron chi connectivity index (χ1n) is 12.0. The van der Waals surface area contributed by atoms with Crippen molar-refractivity contribution in [1.82, 2.24) is 9.55 Å². The van der Waals surface area contributed by atoms with E-state index in [1.54, 1.807) is 12.0 Å². The zero-order valence-corrected chi connectivity index (χ0v) is 22.1. The van der Waals surface area contributed by atoms with E-state index in [1.165, 1.54) is 0 Å². The Bertz CT molecular complexity index is 938. The van der Waals surface area contributed by atoms with Crippen molar-refractivity contribution in [2.24, 2.45) is 0 Å². The number of fused-ring (bicyclic) bond motifs is 1. The second-order valence-electron chi connectivity index (χ2n) is 9.76. The molecule has 9 heteroatoms. The number of nitrogen functional groups attached to an aromatic ring is 1. The number of anilines is 2. The van der Waals surface area contributed by atoms with Crippen molar-refractivity contribution in [3.63, 3.8) is 0 Å². The summed E-state index contributed by atoms with van der Waals surface area (Å²) in [7, 11) is -0.263. The minimum absolute atomic E-state index is 0.0481. The standard InChI is InChI=1S/C24H40N4O4Si/c1-16(2)33(17(3)4,18(5)6)32-12-10-23(30-7)28-21-9-8-19(14-20(21)26-24(28)25)27-11-13-31-15-22(27)29/h8-9,14,16-18,23H,10-13,15H2,1-7H3,(H2,25,26)/t23-/m0/s1. The van der Waals surface area contributed by atoms with Crippen LogP contribution >= 0.6 is 0 Å². The van der Waals surface area contributed by atoms with Gasteiger partial charge in [-0.15, -0.1) is 0 Å². The van der Waals surface area contributed by atoms with Crippen molar-refractivity contribution < 1.29 is 18.7 Å². The van der Waals surface area contributed by atoms with Gasteiger partial charge in [-0.3, -0.25) is 9.36 Å². The first-order chi connectivity index (χ1) is 15.6. The molecule has 1 aromatic heterocycles. The number of hydrogen-bond acceptors (Lipinski definition) is 6. The van der Waals surface area contributed by atoms with Gasteiger partial charge in [-0.1, -0.05) is 41.5 Å². The van der Waals surface area contributed by atoms with Gasteiger partial charge in [0, 0.05) is 32.4 Å². The number of nitrogens with zero attached hydrogens (tertiary/aromatic N) is 3. The van der Waals surface area contributed by atoms with Crippen LogP contribution in [0.15, 0.2) is 18.2 Å². The van der Waals surface area contributed by atoms with E-state index < -0.39 is 8.32 Å². The molecule has 1 fully saturated rings. The molecule has 0 aliphatic carbocycles. The molecule has 2 aromatic rings. The van der Waals surface area contributed by atoms with Crippen molar-refractivity contribution in [2.45, 2.75) is 70.8 Å². The van der Waals surface area contributed by atoms with Crippen molar-refractivity contribution in [3.8, 4) is 0 Å². The van der Waals surface area contributed by atoms with Crippen LogP contribution < -0.4 is 10.6 Å². The van der Waals surface area contributed by atoms with Crippen LogP contribution in [0.1, 0.15) is 54.2 Å². The number of benzene rings is 1. The predicted molar refractivity (Wildman–Crippen MR) is 135 cm³/mol. The van der Waals surface area contributed by atoms with Gasteiger partial charge in [-0.05, 0) is 34.8 Å². The number of morpholine rings is 1. The lowest BCUT2D eigenvalue weighted by Crippen LogP contribution is -2.48. The molecule has 0 radical (unpaired) electrons. The summed E-state index contributed by atoms with van der Waals surface area (Å²) < 4.78 is 19.7. The summed E-state index contributed by atoms with van der Waals surface area (Å²) in [5.74, 6) is 0.343. The summed E-state index contributed by atoms with van der Waals surface area (Å²) >= 11 is 0. The molecule has 8 nitrogen and oxygen atoms in total. The first kappa shape index (κ1) is 25.7. The van der Waals surface area contributed by atoms with Crippen LogP contribution in [-0.4, -0.2) is 57.3 Å². The Hall–Kier alpha value is -1.94. The lowest BCUT2D eigenvalue weighted by molar-refractivity contribution is -0.125. The number of carbonyl (C=O) groups excluding carboxylic acids is 1. The summed E-state index contributed by atoms with van der Waals surface area (Å²) in [4.78, 5) is 18.5. The zero-order valence-electron chi connectivity index (χ0n) is 21.1. The molecule has 2 heterocycles. The number of methoxy groups -OCH3 is 1. The first-order valence-corrected chi connectivity index (χ1v) is 14.1. The molecule has 0 bridgehead atoms. The maximum Gasteiger partial charge on any atom is 0.253 e. The Kier molecular flexibility index (Phi) is 8.20. The summed E-state index contributed by atoms with van der Waals surface area (Å²) in [5.41, 5.74) is 10.3. The largest absolute Gasteiger partial charge is 0.416 e. The summed E-state index contributed by atoms with van der Waals surface area (Å²) in [5, 5.41) is 0. The second-order valence-corrected chi connectivity index (χ2v) is 15.2. The van der Waals surface area contributed by atoms with Gasteiger partial charge in [0.2, 0.25) is 5.95 Å². The Labute approximate surface area is 198 Å². The molecule has 184 valence electrons. The summed E-state index contributed by atoms with van der Waals surface area (Å²) in [6.45, 7) is 15.5. The number of aromatic nitrogens is 2. The summed E-state index contributed by atoms with van der Waals surface area (Å²) in [6.07, 6.45) is 0.389. The molecule has 1 aliphatic heterocycles. The molecule has 3 rings (SSSR count). The van der Waals surface area contributed by atoms with Gasteiger partial charge in [-0.2, -0.15) is 0 Å². The van der Waals surface area contributed by atoms with E-state index in [-0.39, 0.29) is 18.7 Å². The molecule has 0 spiro atoms. The van der Waals surface area contributed by atoms with Crippen LogP contribution in [0.3, 0.4) is 0 Å². The predicted octanol–water partition coefficient (Wildman–Crippen LogP) is 4.71. The van der Waals surface area contributed by atoms with Gasteiger partial charge < -0.3 is 24.5 Å². The Balaban J connectivity index is 1.82. The molecular weight excluding hydrogens is 436 g/mol. The molecule has 1 aromatic carbocycles. The number of ether oxygens (including phenoxy) is 2. The van der Waals surface area contributed by atoms with Crippen LogP contribution in [0.5, 0.6) is 0 Å². The van der Waals surface area contributed by atoms with E-state index >= 15 is 0 Å². The number of hydrogen-bond donors (Lipinski definition) is 1. The van der Waals surface area contributed by atoms with E-state index in [0.29, 0.717) is 48.8 Å². The molecule has 0 unspecified atom stereocenters. The molecule has 33 heavy (non-hydrogen) atoms. The number of rotatable bonds is 10. The van der Waals surface area contributed by atoms with Crippen LogP contribution in [0, 0.1) is 0 Å². The fraction of sp³-hybridized carbons (Fsp3) is 0.667. The smallest absolute Gasteiger partial charge is 0.253 e. The highest BCUT2D eigenvalue weighted by Gasteiger charge is 2.45. The Morgan fingerprint density at radius 3 is 2.39 bits per heavy atom. The third kappa shape index (κ3) is 4.96. The number of nitrogens with two attached hydrogens (primary N) is 1. The molecule has 1 saturated heterocycles. The molecule has 1 amide bonds.